The maximum atomic E-state index is 12.9. The highest BCUT2D eigenvalue weighted by Crippen LogP contribution is 2.31. The van der Waals surface area contributed by atoms with Crippen LogP contribution >= 0.6 is 0 Å². The molecule has 2 fully saturated rings. The molecule has 1 aromatic carbocycles. The summed E-state index contributed by atoms with van der Waals surface area (Å²) >= 11 is 0. The first-order valence-corrected chi connectivity index (χ1v) is 9.01. The summed E-state index contributed by atoms with van der Waals surface area (Å²) in [5, 5.41) is 2.68. The minimum atomic E-state index is -0.340. The standard InChI is InChI=1S/C19H25N3O3/c1-3-15-6-4-5-11-21(15)17-12-18(24)22(19(17)25)16-9-7-14(8-10-16)20-13(2)23/h7-10,15,17H,3-6,11-12H2,1-2H3,(H,20,23)/t15-,17-/m1/s1. The van der Waals surface area contributed by atoms with Gasteiger partial charge in [-0.2, -0.15) is 0 Å². The van der Waals surface area contributed by atoms with Crippen LogP contribution in [0.25, 0.3) is 0 Å². The Hall–Kier alpha value is -2.21. The van der Waals surface area contributed by atoms with Gasteiger partial charge in [-0.15, -0.1) is 0 Å². The molecule has 3 amide bonds. The predicted molar refractivity (Wildman–Crippen MR) is 96.3 cm³/mol. The van der Waals surface area contributed by atoms with E-state index in [-0.39, 0.29) is 30.2 Å². The average molecular weight is 343 g/mol. The second-order valence-electron chi connectivity index (χ2n) is 6.81. The molecule has 0 aliphatic carbocycles. The third kappa shape index (κ3) is 3.58. The number of nitrogens with one attached hydrogen (secondary N) is 1. The van der Waals surface area contributed by atoms with E-state index in [4.69, 9.17) is 0 Å². The number of anilines is 2. The fourth-order valence-electron chi connectivity index (χ4n) is 3.92. The molecule has 6 nitrogen and oxygen atoms in total. The molecule has 2 atom stereocenters. The monoisotopic (exact) mass is 343 g/mol. The van der Waals surface area contributed by atoms with Gasteiger partial charge in [0.15, 0.2) is 0 Å². The smallest absolute Gasteiger partial charge is 0.251 e. The fraction of sp³-hybridized carbons (Fsp3) is 0.526. The van der Waals surface area contributed by atoms with Gasteiger partial charge in [0.05, 0.1) is 18.2 Å². The predicted octanol–water partition coefficient (Wildman–Crippen LogP) is 2.54. The number of amides is 3. The van der Waals surface area contributed by atoms with Crippen molar-refractivity contribution in [1.29, 1.82) is 0 Å². The molecule has 2 aliphatic rings. The molecular formula is C19H25N3O3. The Morgan fingerprint density at radius 1 is 1.20 bits per heavy atom. The summed E-state index contributed by atoms with van der Waals surface area (Å²) in [5.41, 5.74) is 1.21. The minimum absolute atomic E-state index is 0.127. The van der Waals surface area contributed by atoms with Gasteiger partial charge in [-0.05, 0) is 50.1 Å². The van der Waals surface area contributed by atoms with Crippen LogP contribution in [0.5, 0.6) is 0 Å². The number of likely N-dealkylation sites (tertiary alicyclic amines) is 1. The van der Waals surface area contributed by atoms with Crippen LogP contribution in [0.1, 0.15) is 46.0 Å². The molecule has 3 rings (SSSR count). The highest BCUT2D eigenvalue weighted by Gasteiger charge is 2.44. The number of hydrogen-bond donors (Lipinski definition) is 1. The van der Waals surface area contributed by atoms with Crippen LogP contribution in [0.4, 0.5) is 11.4 Å². The van der Waals surface area contributed by atoms with Crippen molar-refractivity contribution in [3.05, 3.63) is 24.3 Å². The molecule has 1 aromatic rings. The average Bonchev–Trinajstić information content (AvgIpc) is 2.89. The molecule has 134 valence electrons. The number of hydrogen-bond acceptors (Lipinski definition) is 4. The van der Waals surface area contributed by atoms with Crippen LogP contribution in [-0.4, -0.2) is 41.2 Å². The first-order valence-electron chi connectivity index (χ1n) is 9.01. The molecule has 0 spiro atoms. The van der Waals surface area contributed by atoms with E-state index in [1.807, 2.05) is 0 Å². The van der Waals surface area contributed by atoms with Crippen LogP contribution in [0.3, 0.4) is 0 Å². The van der Waals surface area contributed by atoms with Crippen LogP contribution in [0.15, 0.2) is 24.3 Å². The summed E-state index contributed by atoms with van der Waals surface area (Å²) in [6.45, 7) is 4.47. The fourth-order valence-corrected chi connectivity index (χ4v) is 3.92. The number of carbonyl (C=O) groups is 3. The van der Waals surface area contributed by atoms with Gasteiger partial charge in [0.2, 0.25) is 11.8 Å². The summed E-state index contributed by atoms with van der Waals surface area (Å²) in [5.74, 6) is -0.433. The van der Waals surface area contributed by atoms with E-state index >= 15 is 0 Å². The van der Waals surface area contributed by atoms with E-state index in [0.717, 1.165) is 25.8 Å². The summed E-state index contributed by atoms with van der Waals surface area (Å²) < 4.78 is 0. The molecule has 2 heterocycles. The molecule has 2 saturated heterocycles. The number of piperidine rings is 1. The van der Waals surface area contributed by atoms with Crippen LogP contribution in [-0.2, 0) is 14.4 Å². The van der Waals surface area contributed by atoms with E-state index in [2.05, 4.69) is 17.1 Å². The lowest BCUT2D eigenvalue weighted by molar-refractivity contribution is -0.123. The number of nitrogens with zero attached hydrogens (tertiary/aromatic N) is 2. The Labute approximate surface area is 148 Å². The molecule has 0 unspecified atom stereocenters. The molecule has 25 heavy (non-hydrogen) atoms. The Balaban J connectivity index is 1.78. The molecule has 6 heteroatoms. The first-order chi connectivity index (χ1) is 12.0. The van der Waals surface area contributed by atoms with Crippen molar-refractivity contribution in [2.24, 2.45) is 0 Å². The third-order valence-electron chi connectivity index (χ3n) is 5.11. The minimum Gasteiger partial charge on any atom is -0.326 e. The quantitative estimate of drug-likeness (QED) is 0.853. The summed E-state index contributed by atoms with van der Waals surface area (Å²) in [4.78, 5) is 40.1. The maximum Gasteiger partial charge on any atom is 0.251 e. The number of imide groups is 1. The van der Waals surface area contributed by atoms with Gasteiger partial charge < -0.3 is 5.32 Å². The molecular weight excluding hydrogens is 318 g/mol. The van der Waals surface area contributed by atoms with Crippen molar-refractivity contribution in [1.82, 2.24) is 4.90 Å². The lowest BCUT2D eigenvalue weighted by atomic mass is 9.97. The lowest BCUT2D eigenvalue weighted by Gasteiger charge is -2.38. The van der Waals surface area contributed by atoms with E-state index in [1.165, 1.54) is 18.2 Å². The summed E-state index contributed by atoms with van der Waals surface area (Å²) in [6, 6.07) is 6.87. The molecule has 0 bridgehead atoms. The van der Waals surface area contributed by atoms with Gasteiger partial charge in [-0.25, -0.2) is 4.90 Å². The molecule has 0 aromatic heterocycles. The Morgan fingerprint density at radius 3 is 2.56 bits per heavy atom. The number of rotatable bonds is 4. The van der Waals surface area contributed by atoms with E-state index in [1.54, 1.807) is 24.3 Å². The van der Waals surface area contributed by atoms with Gasteiger partial charge in [-0.1, -0.05) is 13.3 Å². The van der Waals surface area contributed by atoms with Gasteiger partial charge in [0.25, 0.3) is 5.91 Å². The Morgan fingerprint density at radius 2 is 1.92 bits per heavy atom. The highest BCUT2D eigenvalue weighted by atomic mass is 16.2. The van der Waals surface area contributed by atoms with Crippen molar-refractivity contribution in [3.8, 4) is 0 Å². The highest BCUT2D eigenvalue weighted by molar-refractivity contribution is 6.22. The first kappa shape index (κ1) is 17.6. The summed E-state index contributed by atoms with van der Waals surface area (Å²) in [6.07, 6.45) is 4.63. The Bertz CT molecular complexity index is 671. The number of benzene rings is 1. The molecule has 2 aliphatic heterocycles. The van der Waals surface area contributed by atoms with Crippen LogP contribution in [0, 0.1) is 0 Å². The SMILES string of the molecule is CC[C@@H]1CCCCN1[C@@H]1CC(=O)N(c2ccc(NC(C)=O)cc2)C1=O. The Kier molecular flexibility index (Phi) is 5.18. The van der Waals surface area contributed by atoms with Gasteiger partial charge >= 0.3 is 0 Å². The zero-order valence-electron chi connectivity index (χ0n) is 14.8. The van der Waals surface area contributed by atoms with Gasteiger partial charge in [0, 0.05) is 18.7 Å². The lowest BCUT2D eigenvalue weighted by Crippen LogP contribution is -2.49. The number of carbonyl (C=O) groups excluding carboxylic acids is 3. The maximum absolute atomic E-state index is 12.9. The van der Waals surface area contributed by atoms with Crippen molar-refractivity contribution in [2.45, 2.75) is 58.0 Å². The van der Waals surface area contributed by atoms with E-state index < -0.39 is 0 Å². The molecule has 1 N–H and O–H groups in total. The summed E-state index contributed by atoms with van der Waals surface area (Å²) in [7, 11) is 0. The van der Waals surface area contributed by atoms with Crippen molar-refractivity contribution < 1.29 is 14.4 Å². The largest absolute Gasteiger partial charge is 0.326 e. The van der Waals surface area contributed by atoms with Crippen LogP contribution < -0.4 is 10.2 Å². The van der Waals surface area contributed by atoms with Gasteiger partial charge in [-0.3, -0.25) is 19.3 Å². The second-order valence-corrected chi connectivity index (χ2v) is 6.81. The molecule has 0 radical (unpaired) electrons. The molecule has 0 saturated carbocycles. The van der Waals surface area contributed by atoms with Crippen molar-refractivity contribution >= 4 is 29.1 Å². The van der Waals surface area contributed by atoms with Crippen LogP contribution in [0.2, 0.25) is 0 Å². The zero-order valence-corrected chi connectivity index (χ0v) is 14.8. The van der Waals surface area contributed by atoms with Crippen molar-refractivity contribution in [3.63, 3.8) is 0 Å². The third-order valence-corrected chi connectivity index (χ3v) is 5.11. The van der Waals surface area contributed by atoms with Crippen molar-refractivity contribution in [2.75, 3.05) is 16.8 Å². The van der Waals surface area contributed by atoms with E-state index in [0.29, 0.717) is 17.4 Å². The second kappa shape index (κ2) is 7.35. The topological polar surface area (TPSA) is 69.7 Å². The normalized spacial score (nSPS) is 24.6. The van der Waals surface area contributed by atoms with Gasteiger partial charge in [0.1, 0.15) is 0 Å². The van der Waals surface area contributed by atoms with E-state index in [9.17, 15) is 14.4 Å². The zero-order chi connectivity index (χ0) is 18.0.